The Morgan fingerprint density at radius 3 is 2.83 bits per heavy atom. The number of thiophene rings is 1. The van der Waals surface area contributed by atoms with Gasteiger partial charge in [0.25, 0.3) is 0 Å². The number of fused-ring (bicyclic) bond motifs is 3. The zero-order valence-electron chi connectivity index (χ0n) is 13.7. The molecule has 0 fully saturated rings. The molecule has 1 aromatic carbocycles. The minimum Gasteiger partial charge on any atom is -0.261 e. The number of hydrazone groups is 1. The average Bonchev–Trinajstić information content (AvgIpc) is 3.02. The normalized spacial score (nSPS) is 14.2. The summed E-state index contributed by atoms with van der Waals surface area (Å²) in [7, 11) is 0. The van der Waals surface area contributed by atoms with E-state index in [1.54, 1.807) is 17.7 Å². The number of hydrogen-bond donors (Lipinski definition) is 1. The second-order valence-corrected chi connectivity index (χ2v) is 7.16. The van der Waals surface area contributed by atoms with Crippen molar-refractivity contribution < 1.29 is 0 Å². The summed E-state index contributed by atoms with van der Waals surface area (Å²) in [4.78, 5) is 11.4. The first kappa shape index (κ1) is 15.3. The first-order valence-corrected chi connectivity index (χ1v) is 9.30. The molecule has 0 saturated heterocycles. The van der Waals surface area contributed by atoms with Crippen molar-refractivity contribution in [1.82, 2.24) is 9.97 Å². The molecule has 0 unspecified atom stereocenters. The Balaban J connectivity index is 1.60. The smallest absolute Gasteiger partial charge is 0.158 e. The molecule has 0 amide bonds. The fourth-order valence-corrected chi connectivity index (χ4v) is 4.41. The van der Waals surface area contributed by atoms with Crippen molar-refractivity contribution in [2.75, 3.05) is 5.43 Å². The molecule has 0 saturated carbocycles. The van der Waals surface area contributed by atoms with E-state index in [4.69, 9.17) is 0 Å². The summed E-state index contributed by atoms with van der Waals surface area (Å²) in [5.74, 6) is 0.820. The van der Waals surface area contributed by atoms with Crippen molar-refractivity contribution in [2.24, 2.45) is 5.10 Å². The van der Waals surface area contributed by atoms with Gasteiger partial charge in [-0.2, -0.15) is 5.10 Å². The molecule has 3 aromatic rings. The predicted octanol–water partition coefficient (Wildman–Crippen LogP) is 4.58. The zero-order chi connectivity index (χ0) is 16.4. The van der Waals surface area contributed by atoms with Gasteiger partial charge in [0, 0.05) is 4.88 Å². The molecular formula is C19H20N4S. The second kappa shape index (κ2) is 6.69. The summed E-state index contributed by atoms with van der Waals surface area (Å²) in [6, 6.07) is 8.46. The Morgan fingerprint density at radius 1 is 1.17 bits per heavy atom. The van der Waals surface area contributed by atoms with E-state index in [1.165, 1.54) is 35.3 Å². The number of aryl methyl sites for hydroxylation is 3. The van der Waals surface area contributed by atoms with E-state index in [0.29, 0.717) is 0 Å². The predicted molar refractivity (Wildman–Crippen MR) is 101 cm³/mol. The van der Waals surface area contributed by atoms with Crippen molar-refractivity contribution in [3.63, 3.8) is 0 Å². The lowest BCUT2D eigenvalue weighted by Gasteiger charge is -2.11. The highest BCUT2D eigenvalue weighted by Gasteiger charge is 2.19. The first-order chi connectivity index (χ1) is 11.8. The third-order valence-corrected chi connectivity index (χ3v) is 5.72. The van der Waals surface area contributed by atoms with E-state index in [-0.39, 0.29) is 0 Å². The van der Waals surface area contributed by atoms with Crippen LogP contribution in [-0.2, 0) is 19.3 Å². The number of nitrogens with one attached hydrogen (secondary N) is 1. The van der Waals surface area contributed by atoms with Gasteiger partial charge in [-0.1, -0.05) is 31.2 Å². The topological polar surface area (TPSA) is 50.2 Å². The zero-order valence-corrected chi connectivity index (χ0v) is 14.6. The molecule has 0 radical (unpaired) electrons. The van der Waals surface area contributed by atoms with Crippen molar-refractivity contribution in [3.8, 4) is 0 Å². The Hall–Kier alpha value is -2.27. The fourth-order valence-electron chi connectivity index (χ4n) is 3.18. The first-order valence-electron chi connectivity index (χ1n) is 8.48. The second-order valence-electron chi connectivity index (χ2n) is 6.08. The van der Waals surface area contributed by atoms with Crippen LogP contribution in [0.15, 0.2) is 35.7 Å². The standard InChI is InChI=1S/C19H20N4S/c1-2-13-7-9-14(10-8-13)11-22-23-18-17-15-5-3-4-6-16(15)24-19(17)21-12-20-18/h7-12H,2-6H2,1H3,(H,20,21,23)/b22-11+. The minimum atomic E-state index is 0.820. The molecular weight excluding hydrogens is 316 g/mol. The van der Waals surface area contributed by atoms with Crippen molar-refractivity contribution >= 4 is 33.6 Å². The number of aromatic nitrogens is 2. The number of rotatable bonds is 4. The average molecular weight is 336 g/mol. The quantitative estimate of drug-likeness (QED) is 0.560. The van der Waals surface area contributed by atoms with Crippen molar-refractivity contribution in [3.05, 3.63) is 52.2 Å². The highest BCUT2D eigenvalue weighted by atomic mass is 32.1. The lowest BCUT2D eigenvalue weighted by molar-refractivity contribution is 0.700. The number of nitrogens with zero attached hydrogens (tertiary/aromatic N) is 3. The largest absolute Gasteiger partial charge is 0.261 e. The highest BCUT2D eigenvalue weighted by Crippen LogP contribution is 2.38. The molecule has 2 heterocycles. The van der Waals surface area contributed by atoms with Gasteiger partial charge in [0.15, 0.2) is 5.82 Å². The molecule has 0 atom stereocenters. The van der Waals surface area contributed by atoms with Crippen molar-refractivity contribution in [2.45, 2.75) is 39.0 Å². The van der Waals surface area contributed by atoms with Crippen LogP contribution in [0.4, 0.5) is 5.82 Å². The lowest BCUT2D eigenvalue weighted by atomic mass is 9.97. The Bertz CT molecular complexity index is 880. The van der Waals surface area contributed by atoms with E-state index >= 15 is 0 Å². The van der Waals surface area contributed by atoms with E-state index in [0.717, 1.165) is 34.4 Å². The van der Waals surface area contributed by atoms with Gasteiger partial charge in [-0.25, -0.2) is 9.97 Å². The summed E-state index contributed by atoms with van der Waals surface area (Å²) >= 11 is 1.80. The van der Waals surface area contributed by atoms with Crippen LogP contribution in [0, 0.1) is 0 Å². The van der Waals surface area contributed by atoms with Gasteiger partial charge in [-0.15, -0.1) is 11.3 Å². The third-order valence-electron chi connectivity index (χ3n) is 4.52. The summed E-state index contributed by atoms with van der Waals surface area (Å²) < 4.78 is 0. The summed E-state index contributed by atoms with van der Waals surface area (Å²) in [6.07, 6.45) is 9.34. The molecule has 4 nitrogen and oxygen atoms in total. The maximum absolute atomic E-state index is 4.45. The van der Waals surface area contributed by atoms with Crippen LogP contribution in [-0.4, -0.2) is 16.2 Å². The maximum Gasteiger partial charge on any atom is 0.158 e. The molecule has 0 spiro atoms. The van der Waals surface area contributed by atoms with Crippen LogP contribution in [0.2, 0.25) is 0 Å². The molecule has 1 N–H and O–H groups in total. The Kier molecular flexibility index (Phi) is 4.26. The van der Waals surface area contributed by atoms with E-state index in [9.17, 15) is 0 Å². The SMILES string of the molecule is CCc1ccc(/C=N/Nc2ncnc3sc4c(c23)CCCC4)cc1. The van der Waals surface area contributed by atoms with Gasteiger partial charge in [-0.05, 0) is 48.8 Å². The van der Waals surface area contributed by atoms with Crippen LogP contribution < -0.4 is 5.43 Å². The van der Waals surface area contributed by atoms with Gasteiger partial charge in [0.2, 0.25) is 0 Å². The number of anilines is 1. The van der Waals surface area contributed by atoms with Crippen LogP contribution in [0.25, 0.3) is 10.2 Å². The van der Waals surface area contributed by atoms with E-state index in [2.05, 4.69) is 51.7 Å². The molecule has 0 bridgehead atoms. The maximum atomic E-state index is 4.45. The number of benzene rings is 1. The van der Waals surface area contributed by atoms with E-state index in [1.807, 2.05) is 6.21 Å². The van der Waals surface area contributed by atoms with Crippen LogP contribution in [0.3, 0.4) is 0 Å². The van der Waals surface area contributed by atoms with E-state index < -0.39 is 0 Å². The van der Waals surface area contributed by atoms with Gasteiger partial charge < -0.3 is 0 Å². The molecule has 1 aliphatic rings. The highest BCUT2D eigenvalue weighted by molar-refractivity contribution is 7.19. The molecule has 1 aliphatic carbocycles. The fraction of sp³-hybridized carbons (Fsp3) is 0.316. The van der Waals surface area contributed by atoms with Gasteiger partial charge >= 0.3 is 0 Å². The lowest BCUT2D eigenvalue weighted by Crippen LogP contribution is -2.00. The Labute approximate surface area is 145 Å². The van der Waals surface area contributed by atoms with Crippen LogP contribution in [0.5, 0.6) is 0 Å². The van der Waals surface area contributed by atoms with Gasteiger partial charge in [0.1, 0.15) is 11.2 Å². The Morgan fingerprint density at radius 2 is 2.00 bits per heavy atom. The minimum absolute atomic E-state index is 0.820. The molecule has 4 rings (SSSR count). The third kappa shape index (κ3) is 2.91. The molecule has 24 heavy (non-hydrogen) atoms. The summed E-state index contributed by atoms with van der Waals surface area (Å²) in [6.45, 7) is 2.16. The molecule has 5 heteroatoms. The van der Waals surface area contributed by atoms with Crippen molar-refractivity contribution in [1.29, 1.82) is 0 Å². The molecule has 2 aromatic heterocycles. The number of hydrogen-bond acceptors (Lipinski definition) is 5. The summed E-state index contributed by atoms with van der Waals surface area (Å²) in [5, 5.41) is 5.55. The van der Waals surface area contributed by atoms with Crippen LogP contribution in [0.1, 0.15) is 41.3 Å². The van der Waals surface area contributed by atoms with Gasteiger partial charge in [-0.3, -0.25) is 5.43 Å². The molecule has 0 aliphatic heterocycles. The summed E-state index contributed by atoms with van der Waals surface area (Å²) in [5.41, 5.74) is 6.97. The van der Waals surface area contributed by atoms with Crippen LogP contribution >= 0.6 is 11.3 Å². The van der Waals surface area contributed by atoms with Gasteiger partial charge in [0.05, 0.1) is 11.6 Å². The molecule has 122 valence electrons. The monoisotopic (exact) mass is 336 g/mol.